The highest BCUT2D eigenvalue weighted by molar-refractivity contribution is 14.1. The first-order valence-electron chi connectivity index (χ1n) is 4.88. The molecule has 0 spiro atoms. The Morgan fingerprint density at radius 1 is 1.27 bits per heavy atom. The number of imide groups is 1. The van der Waals surface area contributed by atoms with E-state index in [1.165, 1.54) is 0 Å². The lowest BCUT2D eigenvalue weighted by Gasteiger charge is -2.29. The number of carbonyl (C=O) groups excluding carboxylic acids is 3. The molecule has 0 aromatic heterocycles. The van der Waals surface area contributed by atoms with Gasteiger partial charge in [0, 0.05) is 13.0 Å². The molecular formula is C9H11IN2O3. The smallest absolute Gasteiger partial charge is 0.249 e. The second-order valence-corrected chi connectivity index (χ2v) is 5.26. The molecule has 2 unspecified atom stereocenters. The van der Waals surface area contributed by atoms with E-state index in [-0.39, 0.29) is 21.6 Å². The van der Waals surface area contributed by atoms with E-state index in [9.17, 15) is 14.4 Å². The Hall–Kier alpha value is -0.660. The van der Waals surface area contributed by atoms with Crippen molar-refractivity contribution in [2.45, 2.75) is 29.2 Å². The third-order valence-corrected chi connectivity index (χ3v) is 3.92. The summed E-state index contributed by atoms with van der Waals surface area (Å²) in [5.41, 5.74) is 0. The van der Waals surface area contributed by atoms with E-state index in [1.807, 2.05) is 0 Å². The number of alkyl halides is 1. The van der Waals surface area contributed by atoms with Crippen LogP contribution in [0.3, 0.4) is 0 Å². The van der Waals surface area contributed by atoms with Gasteiger partial charge in [-0.15, -0.1) is 0 Å². The van der Waals surface area contributed by atoms with Crippen LogP contribution in [0.5, 0.6) is 0 Å². The molecule has 1 N–H and O–H groups in total. The van der Waals surface area contributed by atoms with Crippen molar-refractivity contribution in [3.05, 3.63) is 0 Å². The lowest BCUT2D eigenvalue weighted by Crippen LogP contribution is -2.53. The third kappa shape index (κ3) is 1.99. The summed E-state index contributed by atoms with van der Waals surface area (Å²) in [6, 6.07) is -0.435. The Morgan fingerprint density at radius 3 is 2.53 bits per heavy atom. The molecule has 0 aromatic rings. The standard InChI is InChI=1S/C9H11IN2O3/c10-5-3-4-12(9(5)15)6-1-2-7(13)11-8(6)14/h5-6H,1-4H2,(H,11,13,14). The minimum absolute atomic E-state index is 0.0186. The van der Waals surface area contributed by atoms with Gasteiger partial charge in [-0.25, -0.2) is 0 Å². The Morgan fingerprint density at radius 2 is 2.00 bits per heavy atom. The van der Waals surface area contributed by atoms with Crippen LogP contribution in [0.25, 0.3) is 0 Å². The Labute approximate surface area is 101 Å². The van der Waals surface area contributed by atoms with Crippen LogP contribution in [0.4, 0.5) is 0 Å². The lowest BCUT2D eigenvalue weighted by molar-refractivity contribution is -0.143. The van der Waals surface area contributed by atoms with Gasteiger partial charge in [0.05, 0.1) is 3.92 Å². The van der Waals surface area contributed by atoms with Crippen LogP contribution >= 0.6 is 22.6 Å². The number of likely N-dealkylation sites (tertiary alicyclic amines) is 1. The molecule has 2 atom stereocenters. The van der Waals surface area contributed by atoms with E-state index < -0.39 is 6.04 Å². The van der Waals surface area contributed by atoms with E-state index in [1.54, 1.807) is 4.90 Å². The SMILES string of the molecule is O=C1CCC(N2CCC(I)C2=O)C(=O)N1. The van der Waals surface area contributed by atoms with Gasteiger partial charge in [0.1, 0.15) is 6.04 Å². The summed E-state index contributed by atoms with van der Waals surface area (Å²) < 4.78 is -0.0203. The molecule has 2 saturated heterocycles. The summed E-state index contributed by atoms with van der Waals surface area (Å²) in [5, 5.41) is 2.27. The third-order valence-electron chi connectivity index (χ3n) is 2.76. The van der Waals surface area contributed by atoms with E-state index in [2.05, 4.69) is 27.9 Å². The topological polar surface area (TPSA) is 66.5 Å². The number of hydrogen-bond donors (Lipinski definition) is 1. The fourth-order valence-electron chi connectivity index (χ4n) is 1.95. The Kier molecular flexibility index (Phi) is 2.94. The molecule has 0 radical (unpaired) electrons. The molecule has 2 rings (SSSR count). The van der Waals surface area contributed by atoms with E-state index in [4.69, 9.17) is 0 Å². The normalized spacial score (nSPS) is 32.1. The Bertz CT molecular complexity index is 331. The number of amides is 3. The molecule has 2 aliphatic heterocycles. The van der Waals surface area contributed by atoms with Gasteiger partial charge in [0.2, 0.25) is 17.7 Å². The minimum Gasteiger partial charge on any atom is -0.330 e. The van der Waals surface area contributed by atoms with Crippen molar-refractivity contribution < 1.29 is 14.4 Å². The predicted molar refractivity (Wildman–Crippen MR) is 60.3 cm³/mol. The molecular weight excluding hydrogens is 311 g/mol. The predicted octanol–water partition coefficient (Wildman–Crippen LogP) is -0.173. The minimum atomic E-state index is -0.435. The molecule has 3 amide bonds. The highest BCUT2D eigenvalue weighted by Gasteiger charge is 2.39. The summed E-state index contributed by atoms with van der Waals surface area (Å²) in [5.74, 6) is -0.552. The molecule has 0 saturated carbocycles. The first-order valence-corrected chi connectivity index (χ1v) is 6.12. The van der Waals surface area contributed by atoms with E-state index in [0.29, 0.717) is 19.4 Å². The molecule has 2 heterocycles. The molecule has 82 valence electrons. The van der Waals surface area contributed by atoms with Crippen LogP contribution in [0, 0.1) is 0 Å². The monoisotopic (exact) mass is 322 g/mol. The largest absolute Gasteiger partial charge is 0.330 e. The zero-order valence-electron chi connectivity index (χ0n) is 8.03. The number of carbonyl (C=O) groups is 3. The summed E-state index contributed by atoms with van der Waals surface area (Å²) in [7, 11) is 0. The molecule has 15 heavy (non-hydrogen) atoms. The quantitative estimate of drug-likeness (QED) is 0.414. The second kappa shape index (κ2) is 4.07. The first kappa shape index (κ1) is 10.8. The van der Waals surface area contributed by atoms with Gasteiger partial charge in [-0.05, 0) is 12.8 Å². The second-order valence-electron chi connectivity index (χ2n) is 3.75. The van der Waals surface area contributed by atoms with E-state index in [0.717, 1.165) is 6.42 Å². The summed E-state index contributed by atoms with van der Waals surface area (Å²) in [4.78, 5) is 35.7. The summed E-state index contributed by atoms with van der Waals surface area (Å²) in [6.45, 7) is 0.624. The van der Waals surface area contributed by atoms with E-state index >= 15 is 0 Å². The average molecular weight is 322 g/mol. The van der Waals surface area contributed by atoms with Crippen molar-refractivity contribution >= 4 is 40.3 Å². The average Bonchev–Trinajstić information content (AvgIpc) is 2.49. The molecule has 6 heteroatoms. The highest BCUT2D eigenvalue weighted by Crippen LogP contribution is 2.24. The van der Waals surface area contributed by atoms with Gasteiger partial charge in [-0.3, -0.25) is 19.7 Å². The number of nitrogens with zero attached hydrogens (tertiary/aromatic N) is 1. The van der Waals surface area contributed by atoms with Crippen LogP contribution in [-0.4, -0.2) is 39.1 Å². The highest BCUT2D eigenvalue weighted by atomic mass is 127. The fraction of sp³-hybridized carbons (Fsp3) is 0.667. The summed E-state index contributed by atoms with van der Waals surface area (Å²) in [6.07, 6.45) is 1.57. The van der Waals surface area contributed by atoms with Crippen molar-refractivity contribution in [1.29, 1.82) is 0 Å². The number of rotatable bonds is 1. The molecule has 0 aromatic carbocycles. The molecule has 5 nitrogen and oxygen atoms in total. The first-order chi connectivity index (χ1) is 7.09. The zero-order valence-corrected chi connectivity index (χ0v) is 10.2. The zero-order chi connectivity index (χ0) is 11.0. The van der Waals surface area contributed by atoms with Gasteiger partial charge >= 0.3 is 0 Å². The van der Waals surface area contributed by atoms with Crippen LogP contribution < -0.4 is 5.32 Å². The number of piperidine rings is 1. The maximum Gasteiger partial charge on any atom is 0.249 e. The number of nitrogens with one attached hydrogen (secondary N) is 1. The van der Waals surface area contributed by atoms with Gasteiger partial charge in [0.25, 0.3) is 0 Å². The van der Waals surface area contributed by atoms with Crippen molar-refractivity contribution in [2.75, 3.05) is 6.54 Å². The number of hydrogen-bond acceptors (Lipinski definition) is 3. The van der Waals surface area contributed by atoms with Crippen LogP contribution in [0.1, 0.15) is 19.3 Å². The maximum absolute atomic E-state index is 11.7. The lowest BCUT2D eigenvalue weighted by atomic mass is 10.1. The van der Waals surface area contributed by atoms with Gasteiger partial charge in [-0.1, -0.05) is 22.6 Å². The van der Waals surface area contributed by atoms with Gasteiger partial charge in [0.15, 0.2) is 0 Å². The maximum atomic E-state index is 11.7. The molecule has 2 fully saturated rings. The van der Waals surface area contributed by atoms with Crippen molar-refractivity contribution in [3.63, 3.8) is 0 Å². The molecule has 0 bridgehead atoms. The van der Waals surface area contributed by atoms with Crippen LogP contribution in [0.2, 0.25) is 0 Å². The fourth-order valence-corrected chi connectivity index (χ4v) is 2.59. The van der Waals surface area contributed by atoms with Crippen LogP contribution in [-0.2, 0) is 14.4 Å². The summed E-state index contributed by atoms with van der Waals surface area (Å²) >= 11 is 2.09. The molecule has 0 aliphatic carbocycles. The van der Waals surface area contributed by atoms with Crippen molar-refractivity contribution in [1.82, 2.24) is 10.2 Å². The Balaban J connectivity index is 2.08. The van der Waals surface area contributed by atoms with Gasteiger partial charge in [-0.2, -0.15) is 0 Å². The van der Waals surface area contributed by atoms with Crippen LogP contribution in [0.15, 0.2) is 0 Å². The number of halogens is 1. The van der Waals surface area contributed by atoms with Crippen molar-refractivity contribution in [2.24, 2.45) is 0 Å². The molecule has 2 aliphatic rings. The van der Waals surface area contributed by atoms with Crippen molar-refractivity contribution in [3.8, 4) is 0 Å². The van der Waals surface area contributed by atoms with Gasteiger partial charge < -0.3 is 4.90 Å².